The monoisotopic (exact) mass is 365 g/mol. The summed E-state index contributed by atoms with van der Waals surface area (Å²) in [5.41, 5.74) is -4.00. The van der Waals surface area contributed by atoms with Gasteiger partial charge in [0.05, 0.1) is 33.1 Å². The minimum atomic E-state index is -2.36. The molecule has 1 unspecified atom stereocenters. The largest absolute Gasteiger partial charge is 0.287 e. The van der Waals surface area contributed by atoms with Crippen molar-refractivity contribution in [2.75, 3.05) is 0 Å². The number of hydrogen-bond acceptors (Lipinski definition) is 8. The minimum Gasteiger partial charge on any atom is -0.264 e. The van der Waals surface area contributed by atoms with Crippen LogP contribution in [0.5, 0.6) is 0 Å². The van der Waals surface area contributed by atoms with Crippen LogP contribution in [0.15, 0.2) is 41.6 Å². The van der Waals surface area contributed by atoms with E-state index in [1.54, 1.807) is 12.1 Å². The van der Waals surface area contributed by atoms with E-state index >= 15 is 0 Å². The van der Waals surface area contributed by atoms with Crippen molar-refractivity contribution in [3.63, 3.8) is 0 Å². The van der Waals surface area contributed by atoms with E-state index in [9.17, 15) is 40.9 Å². The third kappa shape index (κ3) is 2.12. The first-order chi connectivity index (χ1) is 12.7. The molecule has 2 aliphatic rings. The van der Waals surface area contributed by atoms with Crippen LogP contribution in [0.1, 0.15) is 11.1 Å². The topological polar surface area (TPSA) is 177 Å². The number of non-ortho nitro benzene ring substituents is 1. The molecule has 0 spiro atoms. The number of allylic oxidation sites excluding steroid dienone is 1. The van der Waals surface area contributed by atoms with Gasteiger partial charge >= 0.3 is 0 Å². The van der Waals surface area contributed by atoms with Crippen molar-refractivity contribution in [3.8, 4) is 12.1 Å². The van der Waals surface area contributed by atoms with E-state index in [-0.39, 0.29) is 28.0 Å². The third-order valence-electron chi connectivity index (χ3n) is 4.54. The summed E-state index contributed by atoms with van der Waals surface area (Å²) < 4.78 is 0. The zero-order valence-corrected chi connectivity index (χ0v) is 13.3. The second kappa shape index (κ2) is 5.57. The summed E-state index contributed by atoms with van der Waals surface area (Å²) in [6.45, 7) is 3.41. The molecule has 1 aromatic rings. The van der Waals surface area contributed by atoms with Crippen LogP contribution in [-0.2, 0) is 0 Å². The van der Waals surface area contributed by atoms with Crippen LogP contribution in [0.2, 0.25) is 0 Å². The molecule has 0 heterocycles. The number of benzene rings is 1. The van der Waals surface area contributed by atoms with Crippen molar-refractivity contribution < 1.29 is 14.8 Å². The summed E-state index contributed by atoms with van der Waals surface area (Å²) in [6.07, 6.45) is 1.18. The van der Waals surface area contributed by atoms with Gasteiger partial charge in [0.15, 0.2) is 0 Å². The fourth-order valence-corrected chi connectivity index (χ4v) is 3.41. The van der Waals surface area contributed by atoms with Crippen LogP contribution in [-0.4, -0.2) is 20.8 Å². The highest BCUT2D eigenvalue weighted by molar-refractivity contribution is 6.00. The molecule has 0 radical (unpaired) electrons. The molecule has 132 valence electrons. The number of nitro groups is 3. The Balaban J connectivity index is 2.46. The van der Waals surface area contributed by atoms with Crippen molar-refractivity contribution in [2.24, 2.45) is 5.41 Å². The average molecular weight is 365 g/mol. The molecule has 0 aliphatic heterocycles. The Morgan fingerprint density at radius 3 is 2.19 bits per heavy atom. The van der Waals surface area contributed by atoms with E-state index in [4.69, 9.17) is 0 Å². The van der Waals surface area contributed by atoms with Crippen LogP contribution in [0.3, 0.4) is 0 Å². The van der Waals surface area contributed by atoms with Crippen LogP contribution in [0.4, 0.5) is 5.69 Å². The molecule has 11 heteroatoms. The predicted octanol–water partition coefficient (Wildman–Crippen LogP) is 2.23. The van der Waals surface area contributed by atoms with Crippen molar-refractivity contribution >= 4 is 17.3 Å². The van der Waals surface area contributed by atoms with E-state index in [0.29, 0.717) is 0 Å². The van der Waals surface area contributed by atoms with Crippen LogP contribution in [0, 0.1) is 58.4 Å². The molecular formula is C16H7N5O6. The number of rotatable bonds is 3. The lowest BCUT2D eigenvalue weighted by molar-refractivity contribution is -0.526. The lowest BCUT2D eigenvalue weighted by Crippen LogP contribution is -2.45. The first kappa shape index (κ1) is 17.4. The lowest BCUT2D eigenvalue weighted by Gasteiger charge is -2.29. The first-order valence-corrected chi connectivity index (χ1v) is 7.24. The summed E-state index contributed by atoms with van der Waals surface area (Å²) in [6, 6.07) is 4.65. The second-order valence-electron chi connectivity index (χ2n) is 5.81. The molecule has 11 nitrogen and oxygen atoms in total. The predicted molar refractivity (Wildman–Crippen MR) is 88.6 cm³/mol. The molecular weight excluding hydrogens is 358 g/mol. The quantitative estimate of drug-likeness (QED) is 0.578. The summed E-state index contributed by atoms with van der Waals surface area (Å²) in [5, 5.41) is 53.4. The zero-order chi connectivity index (χ0) is 20.1. The van der Waals surface area contributed by atoms with Crippen molar-refractivity contribution in [1.29, 1.82) is 10.5 Å². The second-order valence-corrected chi connectivity index (χ2v) is 5.81. The molecule has 0 amide bonds. The summed E-state index contributed by atoms with van der Waals surface area (Å²) >= 11 is 0. The third-order valence-corrected chi connectivity index (χ3v) is 4.54. The van der Waals surface area contributed by atoms with Gasteiger partial charge in [-0.3, -0.25) is 30.3 Å². The first-order valence-electron chi connectivity index (χ1n) is 7.24. The molecule has 1 atom stereocenters. The molecule has 27 heavy (non-hydrogen) atoms. The van der Waals surface area contributed by atoms with Gasteiger partial charge in [0.25, 0.3) is 17.4 Å². The molecule has 3 rings (SSSR count). The summed E-state index contributed by atoms with van der Waals surface area (Å²) in [5.74, 6) is 0. The summed E-state index contributed by atoms with van der Waals surface area (Å²) in [7, 11) is 0. The van der Waals surface area contributed by atoms with Crippen LogP contribution >= 0.6 is 0 Å². The maximum Gasteiger partial charge on any atom is 0.287 e. The van der Waals surface area contributed by atoms with Gasteiger partial charge in [-0.25, -0.2) is 0 Å². The number of nitrogens with zero attached hydrogens (tertiary/aromatic N) is 5. The number of nitro benzene ring substituents is 1. The Hall–Kier alpha value is -4.38. The molecule has 0 bridgehead atoms. The van der Waals surface area contributed by atoms with Gasteiger partial charge in [0.2, 0.25) is 5.41 Å². The van der Waals surface area contributed by atoms with E-state index in [2.05, 4.69) is 6.58 Å². The van der Waals surface area contributed by atoms with Gasteiger partial charge in [0, 0.05) is 22.6 Å². The molecule has 0 aromatic heterocycles. The van der Waals surface area contributed by atoms with Crippen LogP contribution in [0.25, 0.3) is 11.6 Å². The minimum absolute atomic E-state index is 0.153. The van der Waals surface area contributed by atoms with Crippen molar-refractivity contribution in [1.82, 2.24) is 0 Å². The van der Waals surface area contributed by atoms with Gasteiger partial charge in [-0.2, -0.15) is 10.5 Å². The Bertz CT molecular complexity index is 1100. The lowest BCUT2D eigenvalue weighted by atomic mass is 9.66. The Labute approximate surface area is 150 Å². The van der Waals surface area contributed by atoms with Gasteiger partial charge in [-0.05, 0) is 23.3 Å². The number of hydrogen-bond donors (Lipinski definition) is 0. The highest BCUT2D eigenvalue weighted by Gasteiger charge is 2.62. The maximum absolute atomic E-state index is 11.6. The Morgan fingerprint density at radius 1 is 1.07 bits per heavy atom. The van der Waals surface area contributed by atoms with Crippen molar-refractivity contribution in [2.45, 2.75) is 6.04 Å². The Kier molecular flexibility index (Phi) is 3.60. The van der Waals surface area contributed by atoms with Gasteiger partial charge in [-0.1, -0.05) is 6.58 Å². The van der Waals surface area contributed by atoms with Crippen molar-refractivity contribution in [3.05, 3.63) is 83.1 Å². The van der Waals surface area contributed by atoms with E-state index in [1.165, 1.54) is 12.1 Å². The van der Waals surface area contributed by atoms with Gasteiger partial charge < -0.3 is 0 Å². The van der Waals surface area contributed by atoms with Gasteiger partial charge in [0.1, 0.15) is 0 Å². The van der Waals surface area contributed by atoms with E-state index in [0.717, 1.165) is 12.1 Å². The molecule has 0 N–H and O–H groups in total. The molecule has 0 saturated heterocycles. The fourth-order valence-electron chi connectivity index (χ4n) is 3.41. The molecule has 0 saturated carbocycles. The number of nitriles is 2. The smallest absolute Gasteiger partial charge is 0.264 e. The van der Waals surface area contributed by atoms with E-state index < -0.39 is 37.5 Å². The van der Waals surface area contributed by atoms with E-state index in [1.807, 2.05) is 0 Å². The summed E-state index contributed by atoms with van der Waals surface area (Å²) in [4.78, 5) is 31.6. The highest BCUT2D eigenvalue weighted by atomic mass is 16.6. The molecule has 2 aliphatic carbocycles. The maximum atomic E-state index is 11.6. The standard InChI is InChI=1S/C16H7N5O6/c1-8-14(20(24)25)13-11-3-2-10(19(22)23)4-9(11)5-12(13)16(6-17,7-18)15(8)21(26)27/h2-5,15H,1H2. The van der Waals surface area contributed by atoms with Gasteiger partial charge in [-0.15, -0.1) is 0 Å². The fraction of sp³-hybridized carbons (Fsp3) is 0.125. The number of fused-ring (bicyclic) bond motifs is 3. The molecule has 1 aromatic carbocycles. The highest BCUT2D eigenvalue weighted by Crippen LogP contribution is 2.55. The van der Waals surface area contributed by atoms with Crippen LogP contribution < -0.4 is 0 Å². The zero-order valence-electron chi connectivity index (χ0n) is 13.3. The molecule has 0 fully saturated rings. The Morgan fingerprint density at radius 2 is 1.70 bits per heavy atom. The SMILES string of the molecule is C=C1C([N+](=O)[O-])=C2C(=Cc3cc([N+](=O)[O-])ccc32)C(C#N)(C#N)C1[N+](=O)[O-]. The normalized spacial score (nSPS) is 19.3. The average Bonchev–Trinajstić information content (AvgIpc) is 2.98.